The van der Waals surface area contributed by atoms with E-state index < -0.39 is 9.84 Å². The number of carbonyl (C=O) groups excluding carboxylic acids is 1. The van der Waals surface area contributed by atoms with Gasteiger partial charge in [0.25, 0.3) is 0 Å². The number of carbonyl (C=O) groups is 1. The third-order valence-electron chi connectivity index (χ3n) is 5.52. The molecule has 9 nitrogen and oxygen atoms in total. The molecule has 2 aromatic rings. The lowest BCUT2D eigenvalue weighted by Crippen LogP contribution is -2.43. The van der Waals surface area contributed by atoms with Crippen molar-refractivity contribution in [3.63, 3.8) is 0 Å². The van der Waals surface area contributed by atoms with Gasteiger partial charge in [-0.25, -0.2) is 8.42 Å². The smallest absolute Gasteiger partial charge is 0.189 e. The highest BCUT2D eigenvalue weighted by molar-refractivity contribution is 7.90. The van der Waals surface area contributed by atoms with Crippen molar-refractivity contribution < 1.29 is 22.7 Å². The zero-order chi connectivity index (χ0) is 23.8. The summed E-state index contributed by atoms with van der Waals surface area (Å²) in [5, 5.41) is 12.2. The number of nitrogens with zero attached hydrogens (tertiary/aromatic N) is 3. The second kappa shape index (κ2) is 11.5. The highest BCUT2D eigenvalue weighted by Crippen LogP contribution is 2.32. The minimum Gasteiger partial charge on any atom is -0.467 e. The molecule has 1 fully saturated rings. The molecule has 1 atom stereocenters. The number of nitrogens with one attached hydrogen (secondary N) is 1. The van der Waals surface area contributed by atoms with Crippen LogP contribution in [0, 0.1) is 6.92 Å². The first-order chi connectivity index (χ1) is 15.8. The van der Waals surface area contributed by atoms with Gasteiger partial charge in [0.05, 0.1) is 11.4 Å². The molecule has 1 saturated heterocycles. The number of likely N-dealkylation sites (tertiary alicyclic amines) is 1. The topological polar surface area (TPSA) is 111 Å². The fourth-order valence-corrected chi connectivity index (χ4v) is 4.41. The Balaban J connectivity index is 1.72. The third-order valence-corrected chi connectivity index (χ3v) is 6.44. The van der Waals surface area contributed by atoms with Crippen LogP contribution in [0.4, 0.5) is 5.82 Å². The summed E-state index contributed by atoms with van der Waals surface area (Å²) in [4.78, 5) is 13.4. The van der Waals surface area contributed by atoms with Crippen LogP contribution >= 0.6 is 0 Å². The van der Waals surface area contributed by atoms with E-state index in [2.05, 4.69) is 20.4 Å². The van der Waals surface area contributed by atoms with E-state index in [4.69, 9.17) is 9.47 Å². The molecule has 2 heterocycles. The minimum absolute atomic E-state index is 0.0788. The number of hydrogen-bond acceptors (Lipinski definition) is 9. The van der Waals surface area contributed by atoms with E-state index in [9.17, 15) is 13.2 Å². The average Bonchev–Trinajstić information content (AvgIpc) is 2.78. The molecule has 0 spiro atoms. The minimum atomic E-state index is -2.97. The first-order valence-electron chi connectivity index (χ1n) is 11.1. The lowest BCUT2D eigenvalue weighted by Gasteiger charge is -2.33. The Morgan fingerprint density at radius 1 is 1.27 bits per heavy atom. The summed E-state index contributed by atoms with van der Waals surface area (Å²) < 4.78 is 34.0. The number of anilines is 1. The predicted molar refractivity (Wildman–Crippen MR) is 128 cm³/mol. The molecule has 0 bridgehead atoms. The first-order valence-corrected chi connectivity index (χ1v) is 13.2. The third kappa shape index (κ3) is 7.48. The van der Waals surface area contributed by atoms with Gasteiger partial charge in [0.1, 0.15) is 27.7 Å². The van der Waals surface area contributed by atoms with Crippen molar-refractivity contribution in [2.75, 3.05) is 50.4 Å². The van der Waals surface area contributed by atoms with Crippen molar-refractivity contribution in [1.29, 1.82) is 0 Å². The van der Waals surface area contributed by atoms with E-state index in [1.54, 1.807) is 18.2 Å². The van der Waals surface area contributed by atoms with E-state index >= 15 is 0 Å². The van der Waals surface area contributed by atoms with Crippen LogP contribution in [0.1, 0.15) is 35.7 Å². The molecular formula is C23H32N4O5S. The quantitative estimate of drug-likeness (QED) is 0.297. The summed E-state index contributed by atoms with van der Waals surface area (Å²) >= 11 is 0. The van der Waals surface area contributed by atoms with Crippen molar-refractivity contribution in [3.05, 3.63) is 35.4 Å². The van der Waals surface area contributed by atoms with Crippen LogP contribution in [0.5, 0.6) is 5.75 Å². The SMILES string of the molecule is CCOCOc1cc(C=O)ccc1-c1nnc(N[C@@H]2CCCN(CCS(C)(=O)=O)C2)cc1C. The molecule has 180 valence electrons. The Morgan fingerprint density at radius 2 is 2.09 bits per heavy atom. The summed E-state index contributed by atoms with van der Waals surface area (Å²) in [6.45, 7) is 6.64. The number of hydrogen-bond donors (Lipinski definition) is 1. The molecule has 0 amide bonds. The molecule has 1 N–H and O–H groups in total. The van der Waals surface area contributed by atoms with Crippen LogP contribution in [0.15, 0.2) is 24.3 Å². The number of benzene rings is 1. The molecule has 1 aromatic heterocycles. The lowest BCUT2D eigenvalue weighted by molar-refractivity contribution is 0.0227. The lowest BCUT2D eigenvalue weighted by atomic mass is 10.0. The van der Waals surface area contributed by atoms with Crippen LogP contribution in [-0.2, 0) is 14.6 Å². The standard InChI is InChI=1S/C23H32N4O5S/c1-4-31-16-32-21-13-18(15-28)7-8-20(21)23-17(2)12-22(25-26-23)24-19-6-5-9-27(14-19)10-11-33(3,29)30/h7-8,12-13,15,19H,4-6,9-11,14,16H2,1-3H3,(H,24,25)/t19-/m1/s1. The number of aldehydes is 1. The number of aromatic nitrogens is 2. The Morgan fingerprint density at radius 3 is 2.79 bits per heavy atom. The van der Waals surface area contributed by atoms with Crippen LogP contribution in [-0.4, -0.2) is 80.9 Å². The summed E-state index contributed by atoms with van der Waals surface area (Å²) in [7, 11) is -2.97. The van der Waals surface area contributed by atoms with E-state index in [0.29, 0.717) is 36.0 Å². The molecular weight excluding hydrogens is 444 g/mol. The van der Waals surface area contributed by atoms with E-state index in [1.165, 1.54) is 6.26 Å². The molecule has 33 heavy (non-hydrogen) atoms. The summed E-state index contributed by atoms with van der Waals surface area (Å²) in [6, 6.07) is 7.31. The molecule has 1 aliphatic rings. The number of rotatable bonds is 11. The Kier molecular flexibility index (Phi) is 8.76. The largest absolute Gasteiger partial charge is 0.467 e. The molecule has 10 heteroatoms. The van der Waals surface area contributed by atoms with Crippen LogP contribution in [0.3, 0.4) is 0 Å². The number of aryl methyl sites for hydroxylation is 1. The molecule has 0 unspecified atom stereocenters. The van der Waals surface area contributed by atoms with E-state index in [0.717, 1.165) is 43.3 Å². The van der Waals surface area contributed by atoms with Gasteiger partial charge in [-0.15, -0.1) is 10.2 Å². The van der Waals surface area contributed by atoms with Gasteiger partial charge in [-0.1, -0.05) is 6.07 Å². The second-order valence-electron chi connectivity index (χ2n) is 8.30. The normalized spacial score (nSPS) is 17.0. The Bertz CT molecular complexity index is 1060. The summed E-state index contributed by atoms with van der Waals surface area (Å²) in [5.74, 6) is 1.36. The predicted octanol–water partition coefficient (Wildman–Crippen LogP) is 2.56. The van der Waals surface area contributed by atoms with Crippen molar-refractivity contribution in [3.8, 4) is 17.0 Å². The molecule has 0 aliphatic carbocycles. The van der Waals surface area contributed by atoms with Gasteiger partial charge in [-0.2, -0.15) is 0 Å². The monoisotopic (exact) mass is 476 g/mol. The molecule has 0 radical (unpaired) electrons. The summed E-state index contributed by atoms with van der Waals surface area (Å²) in [5.41, 5.74) is 2.83. The van der Waals surface area contributed by atoms with Crippen LogP contribution in [0.25, 0.3) is 11.3 Å². The maximum Gasteiger partial charge on any atom is 0.189 e. The van der Waals surface area contributed by atoms with Crippen LogP contribution in [0.2, 0.25) is 0 Å². The van der Waals surface area contributed by atoms with Crippen molar-refractivity contribution in [2.24, 2.45) is 0 Å². The molecule has 0 saturated carbocycles. The first kappa shape index (κ1) is 25.1. The fourth-order valence-electron chi connectivity index (χ4n) is 3.82. The number of sulfone groups is 1. The summed E-state index contributed by atoms with van der Waals surface area (Å²) in [6.07, 6.45) is 4.02. The maximum atomic E-state index is 11.5. The van der Waals surface area contributed by atoms with Gasteiger partial charge in [0.15, 0.2) is 6.79 Å². The van der Waals surface area contributed by atoms with Gasteiger partial charge in [-0.05, 0) is 57.0 Å². The van der Waals surface area contributed by atoms with Crippen molar-refractivity contribution >= 4 is 21.9 Å². The van der Waals surface area contributed by atoms with Gasteiger partial charge in [-0.3, -0.25) is 4.79 Å². The molecule has 1 aliphatic heterocycles. The Labute approximate surface area is 195 Å². The van der Waals surface area contributed by atoms with E-state index in [-0.39, 0.29) is 18.6 Å². The zero-order valence-corrected chi connectivity index (χ0v) is 20.2. The van der Waals surface area contributed by atoms with Crippen molar-refractivity contribution in [2.45, 2.75) is 32.7 Å². The number of ether oxygens (including phenoxy) is 2. The van der Waals surface area contributed by atoms with Gasteiger partial charge >= 0.3 is 0 Å². The van der Waals surface area contributed by atoms with Crippen molar-refractivity contribution in [1.82, 2.24) is 15.1 Å². The number of piperidine rings is 1. The zero-order valence-electron chi connectivity index (χ0n) is 19.4. The van der Waals surface area contributed by atoms with Gasteiger partial charge in [0.2, 0.25) is 0 Å². The van der Waals surface area contributed by atoms with Crippen LogP contribution < -0.4 is 10.1 Å². The maximum absolute atomic E-state index is 11.5. The van der Waals surface area contributed by atoms with Gasteiger partial charge < -0.3 is 19.7 Å². The molecule has 3 rings (SSSR count). The Hall–Kier alpha value is -2.56. The molecule has 1 aromatic carbocycles. The highest BCUT2D eigenvalue weighted by atomic mass is 32.2. The second-order valence-corrected chi connectivity index (χ2v) is 10.6. The average molecular weight is 477 g/mol. The fraction of sp³-hybridized carbons (Fsp3) is 0.522. The van der Waals surface area contributed by atoms with Gasteiger partial charge in [0, 0.05) is 43.1 Å². The highest BCUT2D eigenvalue weighted by Gasteiger charge is 2.21. The van der Waals surface area contributed by atoms with E-state index in [1.807, 2.05) is 19.9 Å².